The number of aliphatic hydroxyl groups excluding tert-OH is 2. The van der Waals surface area contributed by atoms with Crippen molar-refractivity contribution in [2.24, 2.45) is 0 Å². The van der Waals surface area contributed by atoms with Gasteiger partial charge in [-0.05, 0) is 18.2 Å². The molecule has 2 heterocycles. The normalized spacial score (nSPS) is 22.6. The monoisotopic (exact) mass is 404 g/mol. The highest BCUT2D eigenvalue weighted by molar-refractivity contribution is 7.15. The third kappa shape index (κ3) is 4.71. The van der Waals surface area contributed by atoms with E-state index in [0.29, 0.717) is 5.01 Å². The highest BCUT2D eigenvalue weighted by Crippen LogP contribution is 2.35. The number of urea groups is 1. The maximum absolute atomic E-state index is 12.7. The molecule has 0 radical (unpaired) electrons. The van der Waals surface area contributed by atoms with Crippen LogP contribution in [0.4, 0.5) is 28.8 Å². The van der Waals surface area contributed by atoms with Crippen molar-refractivity contribution >= 4 is 28.2 Å². The Bertz CT molecular complexity index is 816. The molecule has 0 bridgehead atoms. The SMILES string of the molecule is O=C(Nc1cccc(C(F)(F)F)c1)Nc1nnc([C@@H]2C[C@H](O)[C@@H](CO)O2)s1. The molecule has 1 aromatic carbocycles. The lowest BCUT2D eigenvalue weighted by atomic mass is 10.1. The van der Waals surface area contributed by atoms with Crippen LogP contribution in [0.15, 0.2) is 24.3 Å². The molecule has 0 unspecified atom stereocenters. The molecule has 12 heteroatoms. The zero-order valence-corrected chi connectivity index (χ0v) is 14.4. The number of nitrogens with zero attached hydrogens (tertiary/aromatic N) is 2. The first-order chi connectivity index (χ1) is 12.8. The average molecular weight is 404 g/mol. The Labute approximate surface area is 155 Å². The summed E-state index contributed by atoms with van der Waals surface area (Å²) >= 11 is 0.999. The van der Waals surface area contributed by atoms with E-state index >= 15 is 0 Å². The van der Waals surface area contributed by atoms with E-state index in [2.05, 4.69) is 20.8 Å². The number of alkyl halides is 3. The van der Waals surface area contributed by atoms with Crippen LogP contribution >= 0.6 is 11.3 Å². The molecule has 2 aromatic rings. The first-order valence-electron chi connectivity index (χ1n) is 7.79. The Morgan fingerprint density at radius 2 is 2.11 bits per heavy atom. The molecule has 2 amide bonds. The zero-order chi connectivity index (χ0) is 19.6. The van der Waals surface area contributed by atoms with Gasteiger partial charge in [0.25, 0.3) is 0 Å². The van der Waals surface area contributed by atoms with Crippen LogP contribution in [0.25, 0.3) is 0 Å². The van der Waals surface area contributed by atoms with Gasteiger partial charge in [-0.25, -0.2) is 4.79 Å². The lowest BCUT2D eigenvalue weighted by Crippen LogP contribution is -2.24. The molecule has 1 aliphatic heterocycles. The Kier molecular flexibility index (Phi) is 5.60. The molecule has 1 aliphatic rings. The number of halogens is 3. The average Bonchev–Trinajstić information content (AvgIpc) is 3.20. The fourth-order valence-corrected chi connectivity index (χ4v) is 3.29. The summed E-state index contributed by atoms with van der Waals surface area (Å²) in [6, 6.07) is 3.44. The van der Waals surface area contributed by atoms with Gasteiger partial charge in [0.1, 0.15) is 17.2 Å². The van der Waals surface area contributed by atoms with E-state index in [0.717, 1.165) is 23.5 Å². The molecule has 27 heavy (non-hydrogen) atoms. The number of carbonyl (C=O) groups excluding carboxylic acids is 1. The molecule has 1 fully saturated rings. The molecule has 3 atom stereocenters. The molecule has 1 aromatic heterocycles. The smallest absolute Gasteiger partial charge is 0.394 e. The van der Waals surface area contributed by atoms with Crippen LogP contribution in [0.1, 0.15) is 23.1 Å². The van der Waals surface area contributed by atoms with E-state index in [9.17, 15) is 23.1 Å². The topological polar surface area (TPSA) is 117 Å². The van der Waals surface area contributed by atoms with Crippen molar-refractivity contribution in [2.45, 2.75) is 30.9 Å². The summed E-state index contributed by atoms with van der Waals surface area (Å²) in [7, 11) is 0. The van der Waals surface area contributed by atoms with Crippen LogP contribution in [-0.2, 0) is 10.9 Å². The van der Waals surface area contributed by atoms with Crippen LogP contribution in [-0.4, -0.2) is 45.3 Å². The van der Waals surface area contributed by atoms with Gasteiger partial charge in [0.05, 0.1) is 18.3 Å². The number of rotatable bonds is 4. The number of aromatic nitrogens is 2. The van der Waals surface area contributed by atoms with Gasteiger partial charge in [0.15, 0.2) is 0 Å². The van der Waals surface area contributed by atoms with Crippen molar-refractivity contribution in [2.75, 3.05) is 17.2 Å². The number of hydrogen-bond donors (Lipinski definition) is 4. The van der Waals surface area contributed by atoms with E-state index in [1.165, 1.54) is 12.1 Å². The van der Waals surface area contributed by atoms with E-state index in [1.54, 1.807) is 0 Å². The fourth-order valence-electron chi connectivity index (χ4n) is 2.50. The van der Waals surface area contributed by atoms with Crippen molar-refractivity contribution in [3.63, 3.8) is 0 Å². The van der Waals surface area contributed by atoms with Gasteiger partial charge in [-0.1, -0.05) is 17.4 Å². The second kappa shape index (κ2) is 7.76. The lowest BCUT2D eigenvalue weighted by Gasteiger charge is -2.10. The predicted molar refractivity (Wildman–Crippen MR) is 89.3 cm³/mol. The summed E-state index contributed by atoms with van der Waals surface area (Å²) < 4.78 is 43.5. The third-order valence-corrected chi connectivity index (χ3v) is 4.72. The van der Waals surface area contributed by atoms with Crippen molar-refractivity contribution in [1.29, 1.82) is 0 Å². The van der Waals surface area contributed by atoms with Gasteiger partial charge in [-0.15, -0.1) is 10.2 Å². The molecule has 3 rings (SSSR count). The van der Waals surface area contributed by atoms with Gasteiger partial charge in [0, 0.05) is 12.1 Å². The van der Waals surface area contributed by atoms with Gasteiger partial charge in [0.2, 0.25) is 5.13 Å². The van der Waals surface area contributed by atoms with E-state index < -0.39 is 36.1 Å². The first kappa shape index (κ1) is 19.5. The molecular formula is C15H15F3N4O4S. The number of nitrogens with one attached hydrogen (secondary N) is 2. The molecule has 0 spiro atoms. The van der Waals surface area contributed by atoms with Crippen LogP contribution < -0.4 is 10.6 Å². The predicted octanol–water partition coefficient (Wildman–Crippen LogP) is 2.38. The minimum absolute atomic E-state index is 0.0277. The summed E-state index contributed by atoms with van der Waals surface area (Å²) in [6.07, 6.45) is -6.38. The molecular weight excluding hydrogens is 389 g/mol. The maximum Gasteiger partial charge on any atom is 0.416 e. The number of ether oxygens (including phenoxy) is 1. The Balaban J connectivity index is 1.60. The second-order valence-corrected chi connectivity index (χ2v) is 6.76. The Morgan fingerprint density at radius 1 is 1.33 bits per heavy atom. The van der Waals surface area contributed by atoms with Crippen molar-refractivity contribution in [3.05, 3.63) is 34.8 Å². The van der Waals surface area contributed by atoms with Gasteiger partial charge in [-0.3, -0.25) is 5.32 Å². The van der Waals surface area contributed by atoms with Gasteiger partial charge >= 0.3 is 12.2 Å². The Morgan fingerprint density at radius 3 is 2.78 bits per heavy atom. The second-order valence-electron chi connectivity index (χ2n) is 5.75. The molecule has 0 aliphatic carbocycles. The number of hydrogen-bond acceptors (Lipinski definition) is 7. The molecule has 146 valence electrons. The summed E-state index contributed by atoms with van der Waals surface area (Å²) in [4.78, 5) is 12.0. The van der Waals surface area contributed by atoms with Gasteiger partial charge < -0.3 is 20.3 Å². The van der Waals surface area contributed by atoms with Crippen LogP contribution in [0, 0.1) is 0 Å². The van der Waals surface area contributed by atoms with E-state index in [-0.39, 0.29) is 23.8 Å². The Hall–Kier alpha value is -2.28. The molecule has 0 saturated carbocycles. The highest BCUT2D eigenvalue weighted by atomic mass is 32.1. The maximum atomic E-state index is 12.7. The fraction of sp³-hybridized carbons (Fsp3) is 0.400. The number of amides is 2. The molecule has 8 nitrogen and oxygen atoms in total. The minimum Gasteiger partial charge on any atom is -0.394 e. The van der Waals surface area contributed by atoms with Gasteiger partial charge in [-0.2, -0.15) is 13.2 Å². The standard InChI is InChI=1S/C15H15F3N4O4S/c16-15(17,18)7-2-1-3-8(4-7)19-13(25)20-14-22-21-12(27-14)10-5-9(24)11(6-23)26-10/h1-4,9-11,23-24H,5-6H2,(H2,19,20,22,25)/t9-,10-,11+/m0/s1. The van der Waals surface area contributed by atoms with Crippen LogP contribution in [0.3, 0.4) is 0 Å². The zero-order valence-electron chi connectivity index (χ0n) is 13.6. The van der Waals surface area contributed by atoms with E-state index in [4.69, 9.17) is 9.84 Å². The van der Waals surface area contributed by atoms with Crippen molar-refractivity contribution in [1.82, 2.24) is 10.2 Å². The third-order valence-electron chi connectivity index (χ3n) is 3.79. The van der Waals surface area contributed by atoms with Crippen LogP contribution in [0.2, 0.25) is 0 Å². The first-order valence-corrected chi connectivity index (χ1v) is 8.61. The van der Waals surface area contributed by atoms with Crippen molar-refractivity contribution in [3.8, 4) is 0 Å². The van der Waals surface area contributed by atoms with Crippen molar-refractivity contribution < 1.29 is 32.9 Å². The number of aliphatic hydroxyl groups is 2. The lowest BCUT2D eigenvalue weighted by molar-refractivity contribution is -0.137. The largest absolute Gasteiger partial charge is 0.416 e. The number of carbonyl (C=O) groups is 1. The summed E-state index contributed by atoms with van der Waals surface area (Å²) in [5.74, 6) is 0. The highest BCUT2D eigenvalue weighted by Gasteiger charge is 2.36. The number of anilines is 2. The molecule has 1 saturated heterocycles. The summed E-state index contributed by atoms with van der Waals surface area (Å²) in [5.41, 5.74) is -0.908. The van der Waals surface area contributed by atoms with Crippen LogP contribution in [0.5, 0.6) is 0 Å². The minimum atomic E-state index is -4.51. The number of benzene rings is 1. The summed E-state index contributed by atoms with van der Waals surface area (Å²) in [6.45, 7) is -0.332. The molecule has 4 N–H and O–H groups in total. The summed E-state index contributed by atoms with van der Waals surface area (Å²) in [5, 5.41) is 31.6. The van der Waals surface area contributed by atoms with E-state index in [1.807, 2.05) is 0 Å². The quantitative estimate of drug-likeness (QED) is 0.622.